The number of benzene rings is 2. The van der Waals surface area contributed by atoms with Crippen molar-refractivity contribution in [2.24, 2.45) is 0 Å². The number of aromatic hydroxyl groups is 1. The molecule has 0 radical (unpaired) electrons. The van der Waals surface area contributed by atoms with Crippen LogP contribution in [0.4, 0.5) is 4.39 Å². The Morgan fingerprint density at radius 1 is 0.926 bits per heavy atom. The van der Waals surface area contributed by atoms with E-state index >= 15 is 0 Å². The minimum absolute atomic E-state index is 0.0290. The molecule has 2 aromatic rings. The number of halogens is 3. The standard InChI is InChI=1S/C21H28FOP.2ClH.Zr/c1-13-8-9-17(16(22)10-13)24-18-12-14(20(2,3)4)11-15(19(18)23)21(5,6)7;;;/h8-12,23-24H,1-7H3;2*1H;/q;;;+2/p-2. The third-order valence-electron chi connectivity index (χ3n) is 4.18. The van der Waals surface area contributed by atoms with E-state index in [1.807, 2.05) is 25.1 Å². The topological polar surface area (TPSA) is 20.2 Å². The van der Waals surface area contributed by atoms with Gasteiger partial charge in [0.15, 0.2) is 0 Å². The van der Waals surface area contributed by atoms with Gasteiger partial charge in [0.05, 0.1) is 0 Å². The van der Waals surface area contributed by atoms with E-state index in [0.29, 0.717) is 11.1 Å². The van der Waals surface area contributed by atoms with Gasteiger partial charge < -0.3 is 5.11 Å². The van der Waals surface area contributed by atoms with E-state index in [1.165, 1.54) is 5.56 Å². The molecule has 0 amide bonds. The van der Waals surface area contributed by atoms with E-state index in [9.17, 15) is 9.50 Å². The van der Waals surface area contributed by atoms with Crippen molar-refractivity contribution in [3.05, 3.63) is 52.8 Å². The molecule has 0 aliphatic heterocycles. The Labute approximate surface area is 183 Å². The van der Waals surface area contributed by atoms with Crippen molar-refractivity contribution in [3.8, 4) is 5.75 Å². The Balaban J connectivity index is 0.00000114. The molecule has 0 heterocycles. The summed E-state index contributed by atoms with van der Waals surface area (Å²) in [5.41, 5.74) is 2.80. The van der Waals surface area contributed by atoms with Gasteiger partial charge in [-0.3, -0.25) is 0 Å². The van der Waals surface area contributed by atoms with Crippen LogP contribution in [0.15, 0.2) is 30.3 Å². The van der Waals surface area contributed by atoms with E-state index in [4.69, 9.17) is 17.0 Å². The molecule has 6 heteroatoms. The second-order valence-electron chi connectivity index (χ2n) is 8.60. The zero-order chi connectivity index (χ0) is 21.0. The first-order chi connectivity index (χ1) is 12.3. The van der Waals surface area contributed by atoms with E-state index in [0.717, 1.165) is 16.4 Å². The minimum atomic E-state index is -0.826. The van der Waals surface area contributed by atoms with Crippen LogP contribution in [0.1, 0.15) is 58.2 Å². The van der Waals surface area contributed by atoms with Crippen LogP contribution in [0.3, 0.4) is 0 Å². The van der Waals surface area contributed by atoms with Crippen molar-refractivity contribution in [3.63, 3.8) is 0 Å². The Kier molecular flexibility index (Phi) is 9.48. The summed E-state index contributed by atoms with van der Waals surface area (Å²) in [6, 6.07) is 9.42. The normalized spacial score (nSPS) is 12.1. The van der Waals surface area contributed by atoms with Gasteiger partial charge in [-0.1, -0.05) is 68.3 Å². The summed E-state index contributed by atoms with van der Waals surface area (Å²) >= 11 is -0.826. The quantitative estimate of drug-likeness (QED) is 0.463. The van der Waals surface area contributed by atoms with Gasteiger partial charge in [-0.2, -0.15) is 0 Å². The summed E-state index contributed by atoms with van der Waals surface area (Å²) in [7, 11) is 9.96. The molecule has 2 rings (SSSR count). The van der Waals surface area contributed by atoms with Crippen molar-refractivity contribution in [1.82, 2.24) is 0 Å². The van der Waals surface area contributed by atoms with Crippen molar-refractivity contribution in [2.45, 2.75) is 59.3 Å². The molecule has 1 N–H and O–H groups in total. The number of rotatable bonds is 2. The number of phenols is 1. The van der Waals surface area contributed by atoms with E-state index in [1.54, 1.807) is 6.07 Å². The molecule has 0 saturated heterocycles. The summed E-state index contributed by atoms with van der Waals surface area (Å²) in [6.07, 6.45) is 0. The van der Waals surface area contributed by atoms with Gasteiger partial charge in [-0.05, 0) is 41.0 Å². The predicted molar refractivity (Wildman–Crippen MR) is 116 cm³/mol. The maximum atomic E-state index is 14.3. The predicted octanol–water partition coefficient (Wildman–Crippen LogP) is 6.44. The number of hydrogen-bond donors (Lipinski definition) is 1. The maximum absolute atomic E-state index is 14.3. The van der Waals surface area contributed by atoms with Crippen molar-refractivity contribution >= 4 is 36.2 Å². The monoisotopic (exact) mass is 506 g/mol. The molecule has 148 valence electrons. The van der Waals surface area contributed by atoms with Gasteiger partial charge in [0, 0.05) is 16.2 Å². The molecule has 0 aliphatic rings. The van der Waals surface area contributed by atoms with Gasteiger partial charge in [-0.15, -0.1) is 0 Å². The second kappa shape index (κ2) is 10.2. The molecule has 0 saturated carbocycles. The number of phenolic OH excluding ortho intramolecular Hbond substituents is 1. The Morgan fingerprint density at radius 3 is 1.93 bits per heavy atom. The van der Waals surface area contributed by atoms with Crippen LogP contribution in [-0.4, -0.2) is 5.11 Å². The first-order valence-corrected chi connectivity index (χ1v) is 16.0. The van der Waals surface area contributed by atoms with Gasteiger partial charge in [0.2, 0.25) is 0 Å². The third kappa shape index (κ3) is 7.43. The molecular weight excluding hydrogens is 480 g/mol. The van der Waals surface area contributed by atoms with Crippen LogP contribution in [0.25, 0.3) is 0 Å². The van der Waals surface area contributed by atoms with E-state index < -0.39 is 20.8 Å². The molecule has 2 aromatic carbocycles. The molecule has 0 aliphatic carbocycles. The Hall–Kier alpha value is 0.0631. The van der Waals surface area contributed by atoms with Crippen LogP contribution >= 0.6 is 25.6 Å². The van der Waals surface area contributed by atoms with Crippen molar-refractivity contribution in [2.75, 3.05) is 0 Å². The van der Waals surface area contributed by atoms with Crippen LogP contribution in [0, 0.1) is 12.7 Å². The van der Waals surface area contributed by atoms with Crippen LogP contribution in [0.2, 0.25) is 0 Å². The zero-order valence-electron chi connectivity index (χ0n) is 17.0. The molecule has 0 aromatic heterocycles. The Bertz CT molecular complexity index is 783. The third-order valence-corrected chi connectivity index (χ3v) is 5.50. The molecule has 1 nitrogen and oxygen atoms in total. The van der Waals surface area contributed by atoms with Crippen LogP contribution < -0.4 is 10.6 Å². The van der Waals surface area contributed by atoms with Crippen molar-refractivity contribution in [1.29, 1.82) is 0 Å². The fraction of sp³-hybridized carbons (Fsp3) is 0.429. The first kappa shape index (κ1) is 25.1. The average Bonchev–Trinajstić information content (AvgIpc) is 2.50. The molecule has 1 unspecified atom stereocenters. The molecule has 27 heavy (non-hydrogen) atoms. The van der Waals surface area contributed by atoms with E-state index in [-0.39, 0.29) is 25.2 Å². The molecule has 0 spiro atoms. The fourth-order valence-electron chi connectivity index (χ4n) is 2.60. The van der Waals surface area contributed by atoms with Crippen LogP contribution in [-0.2, 0) is 31.7 Å². The van der Waals surface area contributed by atoms with E-state index in [2.05, 4.69) is 47.6 Å². The average molecular weight is 509 g/mol. The van der Waals surface area contributed by atoms with Crippen LogP contribution in [0.5, 0.6) is 5.75 Å². The molecular formula is C21H28Cl2FOPZr. The summed E-state index contributed by atoms with van der Waals surface area (Å²) < 4.78 is 14.3. The SMILES string of the molecule is Cc1ccc(Pc2cc(C(C)(C)C)cc(C(C)(C)C)c2O)c(F)c1.[Cl][Zr][Cl]. The second-order valence-corrected chi connectivity index (χ2v) is 13.7. The zero-order valence-corrected chi connectivity index (χ0v) is 21.9. The summed E-state index contributed by atoms with van der Waals surface area (Å²) in [5.74, 6) is 0.0972. The molecule has 1 atom stereocenters. The van der Waals surface area contributed by atoms with Gasteiger partial charge in [0.25, 0.3) is 0 Å². The molecule has 0 bridgehead atoms. The van der Waals surface area contributed by atoms with Crippen molar-refractivity contribution < 1.29 is 30.3 Å². The summed E-state index contributed by atoms with van der Waals surface area (Å²) in [6.45, 7) is 14.6. The van der Waals surface area contributed by atoms with Gasteiger partial charge >= 0.3 is 37.9 Å². The first-order valence-electron chi connectivity index (χ1n) is 8.68. The summed E-state index contributed by atoms with van der Waals surface area (Å²) in [4.78, 5) is 0. The summed E-state index contributed by atoms with van der Waals surface area (Å²) in [5, 5.41) is 12.3. The molecule has 0 fully saturated rings. The van der Waals surface area contributed by atoms with Gasteiger partial charge in [-0.25, -0.2) is 4.39 Å². The Morgan fingerprint density at radius 2 is 1.48 bits per heavy atom. The number of hydrogen-bond acceptors (Lipinski definition) is 1. The van der Waals surface area contributed by atoms with Gasteiger partial charge in [0.1, 0.15) is 11.6 Å². The number of aryl methyl sites for hydroxylation is 1. The fourth-order valence-corrected chi connectivity index (χ4v) is 3.73.